The first-order valence-corrected chi connectivity index (χ1v) is 13.0. The van der Waals surface area contributed by atoms with E-state index >= 15 is 0 Å². The second-order valence-corrected chi connectivity index (χ2v) is 9.95. The molecule has 0 aromatic heterocycles. The minimum atomic E-state index is -0.249. The Hall–Kier alpha value is -2.57. The van der Waals surface area contributed by atoms with E-state index in [1.54, 1.807) is 0 Å². The number of amides is 1. The van der Waals surface area contributed by atoms with E-state index in [1.165, 1.54) is 11.1 Å². The maximum atomic E-state index is 11.7. The van der Waals surface area contributed by atoms with Crippen molar-refractivity contribution >= 4 is 5.91 Å². The van der Waals surface area contributed by atoms with Crippen molar-refractivity contribution in [3.63, 3.8) is 0 Å². The topological polar surface area (TPSA) is 51.2 Å². The van der Waals surface area contributed by atoms with Crippen LogP contribution < -0.4 is 9.47 Å². The van der Waals surface area contributed by atoms with Gasteiger partial charge >= 0.3 is 0 Å². The van der Waals surface area contributed by atoms with Gasteiger partial charge in [0, 0.05) is 39.7 Å². The molecule has 2 aliphatic heterocycles. The van der Waals surface area contributed by atoms with Gasteiger partial charge in [-0.05, 0) is 75.4 Å². The first-order chi connectivity index (χ1) is 17.0. The third kappa shape index (κ3) is 7.45. The summed E-state index contributed by atoms with van der Waals surface area (Å²) < 4.78 is 18.1. The van der Waals surface area contributed by atoms with Crippen LogP contribution >= 0.6 is 0 Å². The molecule has 2 heterocycles. The van der Waals surface area contributed by atoms with Crippen molar-refractivity contribution in [2.24, 2.45) is 0 Å². The molecule has 2 aromatic rings. The van der Waals surface area contributed by atoms with Gasteiger partial charge in [-0.25, -0.2) is 0 Å². The Morgan fingerprint density at radius 1 is 0.943 bits per heavy atom. The van der Waals surface area contributed by atoms with Gasteiger partial charge in [0.2, 0.25) is 5.91 Å². The number of methoxy groups -OCH3 is 1. The third-order valence-electron chi connectivity index (χ3n) is 7.26. The summed E-state index contributed by atoms with van der Waals surface area (Å²) in [6.45, 7) is 7.90. The van der Waals surface area contributed by atoms with E-state index in [2.05, 4.69) is 42.2 Å². The van der Waals surface area contributed by atoms with Crippen molar-refractivity contribution in [3.8, 4) is 11.5 Å². The average Bonchev–Trinajstić information content (AvgIpc) is 3.17. The lowest BCUT2D eigenvalue weighted by molar-refractivity contribution is -0.127. The Morgan fingerprint density at radius 2 is 1.80 bits per heavy atom. The highest BCUT2D eigenvalue weighted by molar-refractivity contribution is 5.77. The predicted octanol–water partition coefficient (Wildman–Crippen LogP) is 4.84. The fourth-order valence-electron chi connectivity index (χ4n) is 5.02. The number of ether oxygens (including phenoxy) is 3. The number of benzene rings is 2. The largest absolute Gasteiger partial charge is 0.494 e. The summed E-state index contributed by atoms with van der Waals surface area (Å²) in [6.07, 6.45) is 5.58. The van der Waals surface area contributed by atoms with Gasteiger partial charge in [-0.3, -0.25) is 9.69 Å². The van der Waals surface area contributed by atoms with E-state index in [9.17, 15) is 4.79 Å². The number of likely N-dealkylation sites (tertiary alicyclic amines) is 2. The van der Waals surface area contributed by atoms with E-state index in [0.717, 1.165) is 76.3 Å². The van der Waals surface area contributed by atoms with Crippen LogP contribution in [0.5, 0.6) is 11.5 Å². The lowest BCUT2D eigenvalue weighted by Gasteiger charge is -2.31. The number of hydrogen-bond donors (Lipinski definition) is 0. The van der Waals surface area contributed by atoms with Gasteiger partial charge in [-0.15, -0.1) is 0 Å². The lowest BCUT2D eigenvalue weighted by Crippen LogP contribution is -2.39. The van der Waals surface area contributed by atoms with Crippen LogP contribution in [0.4, 0.5) is 0 Å². The molecule has 190 valence electrons. The fraction of sp³-hybridized carbons (Fsp3) is 0.552. The highest BCUT2D eigenvalue weighted by atomic mass is 16.5. The second kappa shape index (κ2) is 12.4. The molecule has 2 aromatic carbocycles. The number of carbonyl (C=O) groups excluding carboxylic acids is 1. The van der Waals surface area contributed by atoms with Crippen molar-refractivity contribution in [2.45, 2.75) is 57.6 Å². The molecule has 0 unspecified atom stereocenters. The zero-order chi connectivity index (χ0) is 24.5. The van der Waals surface area contributed by atoms with Crippen molar-refractivity contribution in [1.82, 2.24) is 9.80 Å². The van der Waals surface area contributed by atoms with Gasteiger partial charge in [-0.1, -0.05) is 29.8 Å². The molecule has 6 heteroatoms. The van der Waals surface area contributed by atoms with Crippen LogP contribution in [0.2, 0.25) is 0 Å². The third-order valence-corrected chi connectivity index (χ3v) is 7.26. The van der Waals surface area contributed by atoms with Gasteiger partial charge in [0.1, 0.15) is 23.7 Å². The first-order valence-electron chi connectivity index (χ1n) is 13.0. The normalized spacial score (nSPS) is 21.2. The Balaban J connectivity index is 1.24. The van der Waals surface area contributed by atoms with Crippen LogP contribution in [-0.4, -0.2) is 67.8 Å². The molecule has 2 fully saturated rings. The molecular formula is C29H40N2O4. The average molecular weight is 481 g/mol. The van der Waals surface area contributed by atoms with Crippen molar-refractivity contribution in [2.75, 3.05) is 46.5 Å². The molecule has 4 rings (SSSR count). The fourth-order valence-corrected chi connectivity index (χ4v) is 5.02. The molecule has 2 saturated heterocycles. The molecule has 0 radical (unpaired) electrons. The second-order valence-electron chi connectivity index (χ2n) is 9.95. The number of aryl methyl sites for hydroxylation is 1. The number of nitrogens with zero attached hydrogens (tertiary/aromatic N) is 2. The summed E-state index contributed by atoms with van der Waals surface area (Å²) in [5, 5.41) is 0. The van der Waals surface area contributed by atoms with E-state index < -0.39 is 0 Å². The Labute approximate surface area is 210 Å². The van der Waals surface area contributed by atoms with Crippen LogP contribution in [0.15, 0.2) is 48.5 Å². The Bertz CT molecular complexity index is 948. The summed E-state index contributed by atoms with van der Waals surface area (Å²) in [4.78, 5) is 16.2. The molecule has 0 spiro atoms. The molecule has 0 saturated carbocycles. The first kappa shape index (κ1) is 25.5. The summed E-state index contributed by atoms with van der Waals surface area (Å²) in [5.41, 5.74) is 2.25. The SMILES string of the molecule is CO[C@@]1(COc2ccc(C)cc2)CCCN(Cc2cccc(OCCCN3CCCC3=O)c2)CC1. The highest BCUT2D eigenvalue weighted by Crippen LogP contribution is 2.28. The smallest absolute Gasteiger partial charge is 0.222 e. The minimum absolute atomic E-state index is 0.249. The molecule has 0 aliphatic carbocycles. The van der Waals surface area contributed by atoms with E-state index in [-0.39, 0.29) is 11.5 Å². The van der Waals surface area contributed by atoms with Gasteiger partial charge in [0.15, 0.2) is 0 Å². The van der Waals surface area contributed by atoms with Gasteiger partial charge in [-0.2, -0.15) is 0 Å². The molecule has 0 N–H and O–H groups in total. The van der Waals surface area contributed by atoms with E-state index in [4.69, 9.17) is 14.2 Å². The van der Waals surface area contributed by atoms with E-state index in [0.29, 0.717) is 19.6 Å². The van der Waals surface area contributed by atoms with Crippen LogP contribution in [0.1, 0.15) is 49.7 Å². The Morgan fingerprint density at radius 3 is 2.57 bits per heavy atom. The van der Waals surface area contributed by atoms with Crippen LogP contribution in [0, 0.1) is 6.92 Å². The predicted molar refractivity (Wildman–Crippen MR) is 138 cm³/mol. The van der Waals surface area contributed by atoms with Crippen LogP contribution in [0.25, 0.3) is 0 Å². The van der Waals surface area contributed by atoms with Crippen molar-refractivity contribution in [1.29, 1.82) is 0 Å². The zero-order valence-electron chi connectivity index (χ0n) is 21.3. The molecule has 35 heavy (non-hydrogen) atoms. The summed E-state index contributed by atoms with van der Waals surface area (Å²) in [6, 6.07) is 16.6. The molecule has 2 aliphatic rings. The summed E-state index contributed by atoms with van der Waals surface area (Å²) in [5.74, 6) is 2.09. The van der Waals surface area contributed by atoms with Gasteiger partial charge < -0.3 is 19.1 Å². The standard InChI is InChI=1S/C29H40N2O4/c1-24-10-12-26(13-11-24)35-23-29(33-2)14-5-16-30(19-15-29)22-25-7-3-8-27(21-25)34-20-6-18-31-17-4-9-28(31)32/h3,7-8,10-13,21H,4-6,9,14-20,22-23H2,1-2H3/t29-/m0/s1. The maximum Gasteiger partial charge on any atom is 0.222 e. The van der Waals surface area contributed by atoms with Crippen LogP contribution in [-0.2, 0) is 16.1 Å². The van der Waals surface area contributed by atoms with E-state index in [1.807, 2.05) is 30.2 Å². The zero-order valence-corrected chi connectivity index (χ0v) is 21.3. The molecule has 6 nitrogen and oxygen atoms in total. The highest BCUT2D eigenvalue weighted by Gasteiger charge is 2.33. The minimum Gasteiger partial charge on any atom is -0.494 e. The van der Waals surface area contributed by atoms with Crippen molar-refractivity contribution < 1.29 is 19.0 Å². The molecular weight excluding hydrogens is 440 g/mol. The Kier molecular flexibility index (Phi) is 9.05. The number of rotatable bonds is 11. The van der Waals surface area contributed by atoms with Crippen molar-refractivity contribution in [3.05, 3.63) is 59.7 Å². The molecule has 1 amide bonds. The monoisotopic (exact) mass is 480 g/mol. The lowest BCUT2D eigenvalue weighted by atomic mass is 9.95. The van der Waals surface area contributed by atoms with Crippen LogP contribution in [0.3, 0.4) is 0 Å². The molecule has 0 bridgehead atoms. The van der Waals surface area contributed by atoms with Gasteiger partial charge in [0.05, 0.1) is 6.61 Å². The summed E-state index contributed by atoms with van der Waals surface area (Å²) in [7, 11) is 1.81. The molecule has 1 atom stereocenters. The summed E-state index contributed by atoms with van der Waals surface area (Å²) >= 11 is 0. The maximum absolute atomic E-state index is 11.7. The number of hydrogen-bond acceptors (Lipinski definition) is 5. The quantitative estimate of drug-likeness (QED) is 0.431. The number of carbonyl (C=O) groups is 1. The van der Waals surface area contributed by atoms with Gasteiger partial charge in [0.25, 0.3) is 0 Å².